The van der Waals surface area contributed by atoms with Crippen molar-refractivity contribution in [1.29, 1.82) is 0 Å². The molecule has 2 unspecified atom stereocenters. The molecule has 3 heterocycles. The zero-order valence-electron chi connectivity index (χ0n) is 10.9. The van der Waals surface area contributed by atoms with Crippen molar-refractivity contribution in [2.45, 2.75) is 45.6 Å². The second-order valence-electron chi connectivity index (χ2n) is 4.91. The van der Waals surface area contributed by atoms with Crippen LogP contribution in [0.3, 0.4) is 0 Å². The fraction of sp³-hybridized carbons (Fsp3) is 0.750. The summed E-state index contributed by atoms with van der Waals surface area (Å²) in [4.78, 5) is 0.919. The highest BCUT2D eigenvalue weighted by molar-refractivity contribution is 7.16. The molecule has 0 saturated carbocycles. The fourth-order valence-corrected chi connectivity index (χ4v) is 3.53. The number of hydrogen-bond acceptors (Lipinski definition) is 5. The van der Waals surface area contributed by atoms with Gasteiger partial charge in [-0.15, -0.1) is 10.2 Å². The minimum atomic E-state index is 0.403. The molecule has 0 aliphatic carbocycles. The molecule has 0 bridgehead atoms. The number of aromatic nitrogens is 4. The highest BCUT2D eigenvalue weighted by atomic mass is 32.1. The molecule has 6 heteroatoms. The van der Waals surface area contributed by atoms with Crippen LogP contribution in [-0.2, 0) is 6.42 Å². The molecule has 2 aromatic rings. The van der Waals surface area contributed by atoms with Gasteiger partial charge in [0.2, 0.25) is 4.96 Å². The van der Waals surface area contributed by atoms with Gasteiger partial charge in [0.25, 0.3) is 0 Å². The Morgan fingerprint density at radius 3 is 3.06 bits per heavy atom. The van der Waals surface area contributed by atoms with Crippen molar-refractivity contribution in [3.05, 3.63) is 10.8 Å². The van der Waals surface area contributed by atoms with E-state index >= 15 is 0 Å². The average molecular weight is 265 g/mol. The van der Waals surface area contributed by atoms with Crippen molar-refractivity contribution in [2.75, 3.05) is 6.54 Å². The van der Waals surface area contributed by atoms with Gasteiger partial charge in [-0.3, -0.25) is 0 Å². The van der Waals surface area contributed by atoms with E-state index in [0.717, 1.165) is 34.7 Å². The smallest absolute Gasteiger partial charge is 0.234 e. The number of piperidine rings is 1. The standard InChI is InChI=1S/C12H19N5S/c1-3-8-5-6-13-9(7-8)11-16-17-10(4-2)14-15-12(17)18-11/h8-9,13H,3-7H2,1-2H3. The van der Waals surface area contributed by atoms with Gasteiger partial charge in [-0.2, -0.15) is 9.61 Å². The van der Waals surface area contributed by atoms with E-state index in [-0.39, 0.29) is 0 Å². The van der Waals surface area contributed by atoms with E-state index < -0.39 is 0 Å². The zero-order chi connectivity index (χ0) is 12.5. The van der Waals surface area contributed by atoms with Gasteiger partial charge in [-0.05, 0) is 25.3 Å². The quantitative estimate of drug-likeness (QED) is 0.924. The summed E-state index contributed by atoms with van der Waals surface area (Å²) in [7, 11) is 0. The van der Waals surface area contributed by atoms with Crippen molar-refractivity contribution >= 4 is 16.3 Å². The molecule has 0 radical (unpaired) electrons. The van der Waals surface area contributed by atoms with E-state index in [1.54, 1.807) is 11.3 Å². The molecule has 0 amide bonds. The van der Waals surface area contributed by atoms with Crippen LogP contribution in [-0.4, -0.2) is 26.4 Å². The van der Waals surface area contributed by atoms with Crippen molar-refractivity contribution in [2.24, 2.45) is 5.92 Å². The summed E-state index contributed by atoms with van der Waals surface area (Å²) in [6.45, 7) is 5.46. The Kier molecular flexibility index (Phi) is 3.30. The maximum atomic E-state index is 4.68. The number of rotatable bonds is 3. The van der Waals surface area contributed by atoms with E-state index in [9.17, 15) is 0 Å². The summed E-state index contributed by atoms with van der Waals surface area (Å²) in [5, 5.41) is 17.7. The van der Waals surface area contributed by atoms with Gasteiger partial charge in [0, 0.05) is 6.42 Å². The lowest BCUT2D eigenvalue weighted by molar-refractivity contribution is 0.297. The second-order valence-corrected chi connectivity index (χ2v) is 5.90. The highest BCUT2D eigenvalue weighted by Gasteiger charge is 2.25. The summed E-state index contributed by atoms with van der Waals surface area (Å²) in [5.74, 6) is 1.78. The minimum absolute atomic E-state index is 0.403. The number of fused-ring (bicyclic) bond motifs is 1. The number of aryl methyl sites for hydroxylation is 1. The van der Waals surface area contributed by atoms with Gasteiger partial charge in [-0.1, -0.05) is 31.6 Å². The molecule has 3 rings (SSSR count). The van der Waals surface area contributed by atoms with Gasteiger partial charge >= 0.3 is 0 Å². The summed E-state index contributed by atoms with van der Waals surface area (Å²) in [6.07, 6.45) is 4.63. The van der Waals surface area contributed by atoms with Crippen LogP contribution in [0.4, 0.5) is 0 Å². The average Bonchev–Trinajstić information content (AvgIpc) is 2.98. The summed E-state index contributed by atoms with van der Waals surface area (Å²) < 4.78 is 1.90. The van der Waals surface area contributed by atoms with Crippen LogP contribution < -0.4 is 5.32 Å². The van der Waals surface area contributed by atoms with Crippen LogP contribution >= 0.6 is 11.3 Å². The van der Waals surface area contributed by atoms with Crippen molar-refractivity contribution in [3.63, 3.8) is 0 Å². The molecule has 1 aliphatic heterocycles. The molecular weight excluding hydrogens is 246 g/mol. The number of hydrogen-bond donors (Lipinski definition) is 1. The van der Waals surface area contributed by atoms with Gasteiger partial charge in [-0.25, -0.2) is 0 Å². The molecule has 0 spiro atoms. The third kappa shape index (κ3) is 2.03. The number of nitrogens with zero attached hydrogens (tertiary/aromatic N) is 4. The summed E-state index contributed by atoms with van der Waals surface area (Å²) >= 11 is 1.67. The number of nitrogens with one attached hydrogen (secondary N) is 1. The monoisotopic (exact) mass is 265 g/mol. The van der Waals surface area contributed by atoms with E-state index in [0.29, 0.717) is 6.04 Å². The molecule has 98 valence electrons. The van der Waals surface area contributed by atoms with Crippen molar-refractivity contribution < 1.29 is 0 Å². The van der Waals surface area contributed by atoms with Crippen LogP contribution in [0.25, 0.3) is 4.96 Å². The third-order valence-corrected chi connectivity index (χ3v) is 4.79. The fourth-order valence-electron chi connectivity index (χ4n) is 2.59. The SMILES string of the molecule is CCc1nnc2sc(C3CC(CC)CCN3)nn12. The Morgan fingerprint density at radius 2 is 2.28 bits per heavy atom. The van der Waals surface area contributed by atoms with E-state index in [4.69, 9.17) is 0 Å². The first-order valence-corrected chi connectivity index (χ1v) is 7.57. The summed E-state index contributed by atoms with van der Waals surface area (Å²) in [6, 6.07) is 0.403. The van der Waals surface area contributed by atoms with Crippen LogP contribution in [0.2, 0.25) is 0 Å². The molecule has 1 aliphatic rings. The van der Waals surface area contributed by atoms with Crippen molar-refractivity contribution in [1.82, 2.24) is 25.1 Å². The molecule has 18 heavy (non-hydrogen) atoms. The van der Waals surface area contributed by atoms with Crippen LogP contribution in [0.1, 0.15) is 50.0 Å². The molecule has 5 nitrogen and oxygen atoms in total. The molecule has 2 atom stereocenters. The molecule has 2 aromatic heterocycles. The molecule has 1 saturated heterocycles. The van der Waals surface area contributed by atoms with E-state index in [1.807, 2.05) is 4.52 Å². The molecule has 1 N–H and O–H groups in total. The Morgan fingerprint density at radius 1 is 1.39 bits per heavy atom. The van der Waals surface area contributed by atoms with Crippen LogP contribution in [0.5, 0.6) is 0 Å². The van der Waals surface area contributed by atoms with Gasteiger partial charge < -0.3 is 5.32 Å². The molecule has 1 fully saturated rings. The summed E-state index contributed by atoms with van der Waals surface area (Å²) in [5.41, 5.74) is 0. The first-order chi connectivity index (χ1) is 8.81. The molecule has 0 aromatic carbocycles. The predicted molar refractivity (Wildman–Crippen MR) is 71.8 cm³/mol. The Hall–Kier alpha value is -1.01. The van der Waals surface area contributed by atoms with E-state index in [1.165, 1.54) is 19.3 Å². The first-order valence-electron chi connectivity index (χ1n) is 6.76. The second kappa shape index (κ2) is 4.93. The van der Waals surface area contributed by atoms with Crippen LogP contribution in [0, 0.1) is 5.92 Å². The van der Waals surface area contributed by atoms with Gasteiger partial charge in [0.1, 0.15) is 5.01 Å². The molecular formula is C12H19N5S. The predicted octanol–water partition coefficient (Wildman–Crippen LogP) is 2.20. The zero-order valence-corrected chi connectivity index (χ0v) is 11.7. The lowest BCUT2D eigenvalue weighted by atomic mass is 9.91. The van der Waals surface area contributed by atoms with Gasteiger partial charge in [0.15, 0.2) is 5.82 Å². The van der Waals surface area contributed by atoms with Crippen molar-refractivity contribution in [3.8, 4) is 0 Å². The Bertz CT molecular complexity index is 532. The maximum absolute atomic E-state index is 4.68. The van der Waals surface area contributed by atoms with E-state index in [2.05, 4.69) is 34.5 Å². The Balaban J connectivity index is 1.87. The largest absolute Gasteiger partial charge is 0.308 e. The third-order valence-electron chi connectivity index (χ3n) is 3.78. The normalized spacial score (nSPS) is 24.8. The minimum Gasteiger partial charge on any atom is -0.308 e. The lowest BCUT2D eigenvalue weighted by Gasteiger charge is -2.28. The maximum Gasteiger partial charge on any atom is 0.234 e. The van der Waals surface area contributed by atoms with Crippen LogP contribution in [0.15, 0.2) is 0 Å². The van der Waals surface area contributed by atoms with Gasteiger partial charge in [0.05, 0.1) is 6.04 Å². The first kappa shape index (κ1) is 12.0. The topological polar surface area (TPSA) is 55.1 Å². The Labute approximate surface area is 111 Å². The lowest BCUT2D eigenvalue weighted by Crippen LogP contribution is -2.31. The highest BCUT2D eigenvalue weighted by Crippen LogP contribution is 2.31.